The summed E-state index contributed by atoms with van der Waals surface area (Å²) in [6.07, 6.45) is 5.82. The Kier molecular flexibility index (Phi) is 4.15. The van der Waals surface area contributed by atoms with Crippen LogP contribution in [0.1, 0.15) is 44.9 Å². The maximum absolute atomic E-state index is 11.9. The van der Waals surface area contributed by atoms with Gasteiger partial charge in [-0.05, 0) is 37.5 Å². The predicted molar refractivity (Wildman–Crippen MR) is 63.1 cm³/mol. The molecule has 1 aliphatic heterocycles. The van der Waals surface area contributed by atoms with E-state index in [1.165, 1.54) is 4.90 Å². The normalized spacial score (nSPS) is 30.8. The zero-order valence-corrected chi connectivity index (χ0v) is 10.2. The molecule has 1 heterocycles. The summed E-state index contributed by atoms with van der Waals surface area (Å²) in [6.45, 7) is 0.712. The van der Waals surface area contributed by atoms with Gasteiger partial charge < -0.3 is 5.11 Å². The maximum Gasteiger partial charge on any atom is 0.229 e. The number of hydrogen-bond acceptors (Lipinski definition) is 3. The minimum Gasteiger partial charge on any atom is -0.396 e. The number of imide groups is 1. The molecular formula is C13H21NO3. The van der Waals surface area contributed by atoms with E-state index in [1.807, 2.05) is 0 Å². The number of carbonyl (C=O) groups excluding carboxylic acids is 2. The Hall–Kier alpha value is -0.900. The van der Waals surface area contributed by atoms with Crippen LogP contribution in [0.15, 0.2) is 0 Å². The molecule has 96 valence electrons. The first-order chi connectivity index (χ1) is 8.22. The minimum absolute atomic E-state index is 0.0175. The van der Waals surface area contributed by atoms with Gasteiger partial charge in [-0.3, -0.25) is 14.5 Å². The highest BCUT2D eigenvalue weighted by molar-refractivity contribution is 5.96. The van der Waals surface area contributed by atoms with Crippen LogP contribution in [-0.4, -0.2) is 35.0 Å². The third kappa shape index (κ3) is 2.86. The Morgan fingerprint density at radius 2 is 1.59 bits per heavy atom. The summed E-state index contributed by atoms with van der Waals surface area (Å²) in [4.78, 5) is 25.2. The van der Waals surface area contributed by atoms with Crippen LogP contribution >= 0.6 is 0 Å². The highest BCUT2D eigenvalue weighted by Gasteiger charge is 2.32. The molecular weight excluding hydrogens is 218 g/mol. The van der Waals surface area contributed by atoms with Gasteiger partial charge >= 0.3 is 0 Å². The molecule has 0 aromatic rings. The molecule has 0 bridgehead atoms. The van der Waals surface area contributed by atoms with E-state index in [2.05, 4.69) is 0 Å². The first kappa shape index (κ1) is 12.6. The Labute approximate surface area is 102 Å². The van der Waals surface area contributed by atoms with Gasteiger partial charge in [-0.15, -0.1) is 0 Å². The molecule has 2 atom stereocenters. The molecule has 1 aliphatic carbocycles. The first-order valence-corrected chi connectivity index (χ1v) is 6.66. The van der Waals surface area contributed by atoms with Gasteiger partial charge in [0.25, 0.3) is 0 Å². The van der Waals surface area contributed by atoms with E-state index in [-0.39, 0.29) is 24.3 Å². The summed E-state index contributed by atoms with van der Waals surface area (Å²) >= 11 is 0. The minimum atomic E-state index is -0.0175. The van der Waals surface area contributed by atoms with E-state index in [0.29, 0.717) is 25.3 Å². The van der Waals surface area contributed by atoms with Gasteiger partial charge in [0.2, 0.25) is 11.8 Å². The third-order valence-electron chi connectivity index (χ3n) is 4.10. The summed E-state index contributed by atoms with van der Waals surface area (Å²) in [5, 5.41) is 9.26. The summed E-state index contributed by atoms with van der Waals surface area (Å²) in [5.74, 6) is 0.553. The quantitative estimate of drug-likeness (QED) is 0.756. The lowest BCUT2D eigenvalue weighted by Gasteiger charge is -2.25. The monoisotopic (exact) mass is 239 g/mol. The molecule has 1 saturated carbocycles. The molecule has 4 heteroatoms. The van der Waals surface area contributed by atoms with Crippen LogP contribution in [-0.2, 0) is 9.59 Å². The topological polar surface area (TPSA) is 57.6 Å². The van der Waals surface area contributed by atoms with E-state index < -0.39 is 0 Å². The van der Waals surface area contributed by atoms with Gasteiger partial charge in [-0.25, -0.2) is 0 Å². The lowest BCUT2D eigenvalue weighted by Crippen LogP contribution is -2.40. The smallest absolute Gasteiger partial charge is 0.229 e. The molecule has 1 saturated heterocycles. The van der Waals surface area contributed by atoms with Crippen molar-refractivity contribution in [3.8, 4) is 0 Å². The molecule has 0 aromatic carbocycles. The van der Waals surface area contributed by atoms with Crippen LogP contribution < -0.4 is 0 Å². The van der Waals surface area contributed by atoms with Crippen LogP contribution in [0, 0.1) is 11.8 Å². The molecule has 0 radical (unpaired) electrons. The van der Waals surface area contributed by atoms with Crippen LogP contribution in [0.4, 0.5) is 0 Å². The second-order valence-corrected chi connectivity index (χ2v) is 5.24. The Morgan fingerprint density at radius 3 is 2.18 bits per heavy atom. The van der Waals surface area contributed by atoms with Gasteiger partial charge in [0.05, 0.1) is 0 Å². The number of carbonyl (C=O) groups is 2. The van der Waals surface area contributed by atoms with Crippen molar-refractivity contribution < 1.29 is 14.7 Å². The second-order valence-electron chi connectivity index (χ2n) is 5.24. The van der Waals surface area contributed by atoms with Crippen molar-refractivity contribution in [2.75, 3.05) is 13.2 Å². The first-order valence-electron chi connectivity index (χ1n) is 6.66. The zero-order valence-electron chi connectivity index (χ0n) is 10.2. The van der Waals surface area contributed by atoms with Gasteiger partial charge in [0.15, 0.2) is 0 Å². The summed E-state index contributed by atoms with van der Waals surface area (Å²) in [6, 6.07) is 0. The molecule has 1 N–H and O–H groups in total. The molecule has 2 amide bonds. The molecule has 2 fully saturated rings. The Balaban J connectivity index is 1.99. The number of rotatable bonds is 3. The molecule has 0 spiro atoms. The summed E-state index contributed by atoms with van der Waals surface area (Å²) < 4.78 is 0. The molecule has 2 unspecified atom stereocenters. The van der Waals surface area contributed by atoms with Crippen molar-refractivity contribution >= 4 is 11.8 Å². The fourth-order valence-electron chi connectivity index (χ4n) is 2.99. The average Bonchev–Trinajstić information content (AvgIpc) is 2.71. The van der Waals surface area contributed by atoms with Gasteiger partial charge in [0, 0.05) is 26.0 Å². The van der Waals surface area contributed by atoms with E-state index in [0.717, 1.165) is 32.1 Å². The van der Waals surface area contributed by atoms with Gasteiger partial charge in [-0.1, -0.05) is 6.42 Å². The fraction of sp³-hybridized carbons (Fsp3) is 0.846. The SMILES string of the molecule is O=C1CCCCC(=O)N1CC1CCCC1CO. The molecule has 2 aliphatic rings. The lowest BCUT2D eigenvalue weighted by atomic mass is 9.96. The van der Waals surface area contributed by atoms with E-state index in [4.69, 9.17) is 0 Å². The third-order valence-corrected chi connectivity index (χ3v) is 4.10. The highest BCUT2D eigenvalue weighted by Crippen LogP contribution is 2.32. The number of nitrogens with zero attached hydrogens (tertiary/aromatic N) is 1. The fourth-order valence-corrected chi connectivity index (χ4v) is 2.99. The van der Waals surface area contributed by atoms with Crippen molar-refractivity contribution in [1.29, 1.82) is 0 Å². The maximum atomic E-state index is 11.9. The molecule has 17 heavy (non-hydrogen) atoms. The Bertz CT molecular complexity index is 285. The highest BCUT2D eigenvalue weighted by atomic mass is 16.3. The van der Waals surface area contributed by atoms with Crippen LogP contribution in [0.5, 0.6) is 0 Å². The van der Waals surface area contributed by atoms with Crippen LogP contribution in [0.25, 0.3) is 0 Å². The standard InChI is InChI=1S/C13H21NO3/c15-9-11-5-3-4-10(11)8-14-12(16)6-1-2-7-13(14)17/h10-11,15H,1-9H2. The number of likely N-dealkylation sites (tertiary alicyclic amines) is 1. The average molecular weight is 239 g/mol. The largest absolute Gasteiger partial charge is 0.396 e. The van der Waals surface area contributed by atoms with Crippen molar-refractivity contribution in [2.24, 2.45) is 11.8 Å². The predicted octanol–water partition coefficient (Wildman–Crippen LogP) is 1.32. The second kappa shape index (κ2) is 5.63. The number of amides is 2. The van der Waals surface area contributed by atoms with Crippen molar-refractivity contribution in [3.05, 3.63) is 0 Å². The number of aliphatic hydroxyl groups excluding tert-OH is 1. The molecule has 0 aromatic heterocycles. The summed E-state index contributed by atoms with van der Waals surface area (Å²) in [5.41, 5.74) is 0. The van der Waals surface area contributed by atoms with Crippen molar-refractivity contribution in [3.63, 3.8) is 0 Å². The van der Waals surface area contributed by atoms with Crippen LogP contribution in [0.2, 0.25) is 0 Å². The van der Waals surface area contributed by atoms with E-state index >= 15 is 0 Å². The zero-order chi connectivity index (χ0) is 12.3. The van der Waals surface area contributed by atoms with Crippen LogP contribution in [0.3, 0.4) is 0 Å². The number of hydrogen-bond donors (Lipinski definition) is 1. The number of aliphatic hydroxyl groups is 1. The lowest BCUT2D eigenvalue weighted by molar-refractivity contribution is -0.144. The van der Waals surface area contributed by atoms with Crippen molar-refractivity contribution in [1.82, 2.24) is 4.90 Å². The molecule has 4 nitrogen and oxygen atoms in total. The van der Waals surface area contributed by atoms with E-state index in [1.54, 1.807) is 0 Å². The molecule has 2 rings (SSSR count). The van der Waals surface area contributed by atoms with Gasteiger partial charge in [0.1, 0.15) is 0 Å². The summed E-state index contributed by atoms with van der Waals surface area (Å²) in [7, 11) is 0. The van der Waals surface area contributed by atoms with E-state index in [9.17, 15) is 14.7 Å². The Morgan fingerprint density at radius 1 is 1.00 bits per heavy atom. The van der Waals surface area contributed by atoms with Crippen molar-refractivity contribution in [2.45, 2.75) is 44.9 Å². The van der Waals surface area contributed by atoms with Gasteiger partial charge in [-0.2, -0.15) is 0 Å².